The van der Waals surface area contributed by atoms with Crippen molar-refractivity contribution in [2.45, 2.75) is 52.5 Å². The minimum Gasteiger partial charge on any atom is -0.330 e. The number of unbranched alkanes of at least 4 members (excludes halogenated alkanes) is 1. The molecule has 1 heterocycles. The minimum atomic E-state index is 0.662. The van der Waals surface area contributed by atoms with Crippen molar-refractivity contribution < 1.29 is 0 Å². The Morgan fingerprint density at radius 3 is 2.75 bits per heavy atom. The van der Waals surface area contributed by atoms with Crippen LogP contribution in [0.25, 0.3) is 11.0 Å². The first-order chi connectivity index (χ1) is 9.80. The van der Waals surface area contributed by atoms with Crippen LogP contribution in [-0.2, 0) is 13.0 Å². The molecule has 1 unspecified atom stereocenters. The largest absolute Gasteiger partial charge is 0.330 e. The summed E-state index contributed by atoms with van der Waals surface area (Å²) in [6.07, 6.45) is 5.99. The molecule has 0 saturated carbocycles. The van der Waals surface area contributed by atoms with Gasteiger partial charge in [-0.25, -0.2) is 4.98 Å². The van der Waals surface area contributed by atoms with E-state index < -0.39 is 0 Å². The second kappa shape index (κ2) is 7.44. The molecule has 0 spiro atoms. The third kappa shape index (κ3) is 3.40. The summed E-state index contributed by atoms with van der Waals surface area (Å²) in [5.74, 6) is 1.88. The van der Waals surface area contributed by atoms with Gasteiger partial charge in [0.2, 0.25) is 0 Å². The summed E-state index contributed by atoms with van der Waals surface area (Å²) in [7, 11) is 0. The Labute approximate surface area is 122 Å². The summed E-state index contributed by atoms with van der Waals surface area (Å²) < 4.78 is 2.39. The number of nitrogens with two attached hydrogens (primary N) is 1. The fraction of sp³-hybridized carbons (Fsp3) is 0.588. The maximum atomic E-state index is 5.74. The maximum absolute atomic E-state index is 5.74. The summed E-state index contributed by atoms with van der Waals surface area (Å²) in [5, 5.41) is 0. The van der Waals surface area contributed by atoms with E-state index in [1.54, 1.807) is 0 Å². The zero-order chi connectivity index (χ0) is 14.4. The lowest BCUT2D eigenvalue weighted by atomic mass is 9.99. The highest BCUT2D eigenvalue weighted by Gasteiger charge is 2.14. The molecule has 0 aliphatic heterocycles. The van der Waals surface area contributed by atoms with Crippen LogP contribution < -0.4 is 5.73 Å². The first-order valence-corrected chi connectivity index (χ1v) is 7.94. The van der Waals surface area contributed by atoms with Crippen molar-refractivity contribution in [3.05, 3.63) is 30.1 Å². The van der Waals surface area contributed by atoms with E-state index in [1.807, 2.05) is 0 Å². The van der Waals surface area contributed by atoms with Crippen LogP contribution in [0.5, 0.6) is 0 Å². The van der Waals surface area contributed by atoms with Crippen LogP contribution in [0.1, 0.15) is 45.4 Å². The van der Waals surface area contributed by atoms with Crippen molar-refractivity contribution in [2.24, 2.45) is 11.7 Å². The molecule has 0 saturated heterocycles. The molecule has 1 aromatic carbocycles. The zero-order valence-electron chi connectivity index (χ0n) is 12.8. The van der Waals surface area contributed by atoms with E-state index in [0.29, 0.717) is 6.54 Å². The van der Waals surface area contributed by atoms with E-state index in [-0.39, 0.29) is 0 Å². The van der Waals surface area contributed by atoms with Gasteiger partial charge in [0.1, 0.15) is 5.82 Å². The van der Waals surface area contributed by atoms with E-state index in [2.05, 4.69) is 42.7 Å². The lowest BCUT2D eigenvalue weighted by molar-refractivity contribution is 0.390. The van der Waals surface area contributed by atoms with Gasteiger partial charge in [-0.1, -0.05) is 45.2 Å². The van der Waals surface area contributed by atoms with Crippen molar-refractivity contribution in [2.75, 3.05) is 6.54 Å². The van der Waals surface area contributed by atoms with Gasteiger partial charge in [0, 0.05) is 13.0 Å². The van der Waals surface area contributed by atoms with Gasteiger partial charge in [0.05, 0.1) is 11.0 Å². The first-order valence-electron chi connectivity index (χ1n) is 7.94. The van der Waals surface area contributed by atoms with Gasteiger partial charge in [0.25, 0.3) is 0 Å². The summed E-state index contributed by atoms with van der Waals surface area (Å²) in [6.45, 7) is 6.29. The molecule has 0 aliphatic rings. The summed E-state index contributed by atoms with van der Waals surface area (Å²) in [5.41, 5.74) is 8.10. The van der Waals surface area contributed by atoms with Crippen molar-refractivity contribution >= 4 is 11.0 Å². The second-order valence-corrected chi connectivity index (χ2v) is 5.58. The molecule has 2 aromatic rings. The van der Waals surface area contributed by atoms with Crippen LogP contribution in [0, 0.1) is 5.92 Å². The number of imidazole rings is 1. The van der Waals surface area contributed by atoms with Crippen LogP contribution in [0.15, 0.2) is 24.3 Å². The van der Waals surface area contributed by atoms with Crippen molar-refractivity contribution in [3.8, 4) is 0 Å². The maximum Gasteiger partial charge on any atom is 0.111 e. The highest BCUT2D eigenvalue weighted by molar-refractivity contribution is 5.75. The number of para-hydroxylation sites is 2. The summed E-state index contributed by atoms with van der Waals surface area (Å²) in [4.78, 5) is 4.75. The Kier molecular flexibility index (Phi) is 5.60. The van der Waals surface area contributed by atoms with Crippen molar-refractivity contribution in [3.63, 3.8) is 0 Å². The lowest BCUT2D eigenvalue weighted by Gasteiger charge is -2.17. The second-order valence-electron chi connectivity index (χ2n) is 5.58. The first kappa shape index (κ1) is 15.0. The topological polar surface area (TPSA) is 43.8 Å². The number of rotatable bonds is 8. The van der Waals surface area contributed by atoms with E-state index in [1.165, 1.54) is 31.2 Å². The Bertz CT molecular complexity index is 530. The smallest absolute Gasteiger partial charge is 0.111 e. The van der Waals surface area contributed by atoms with E-state index in [0.717, 1.165) is 30.2 Å². The number of benzene rings is 1. The van der Waals surface area contributed by atoms with E-state index in [4.69, 9.17) is 10.7 Å². The zero-order valence-corrected chi connectivity index (χ0v) is 12.8. The average molecular weight is 273 g/mol. The molecule has 0 aliphatic carbocycles. The molecular formula is C17H27N3. The Morgan fingerprint density at radius 2 is 2.05 bits per heavy atom. The van der Waals surface area contributed by atoms with Gasteiger partial charge in [-0.15, -0.1) is 0 Å². The lowest BCUT2D eigenvalue weighted by Crippen LogP contribution is -2.15. The number of hydrogen-bond acceptors (Lipinski definition) is 2. The molecule has 3 heteroatoms. The highest BCUT2D eigenvalue weighted by Crippen LogP contribution is 2.21. The molecule has 0 fully saturated rings. The quantitative estimate of drug-likeness (QED) is 0.796. The fourth-order valence-electron chi connectivity index (χ4n) is 2.82. The van der Waals surface area contributed by atoms with Gasteiger partial charge in [-0.05, 0) is 31.0 Å². The predicted molar refractivity (Wildman–Crippen MR) is 85.8 cm³/mol. The number of aromatic nitrogens is 2. The summed E-state index contributed by atoms with van der Waals surface area (Å²) >= 11 is 0. The number of hydrogen-bond donors (Lipinski definition) is 1. The highest BCUT2D eigenvalue weighted by atomic mass is 15.1. The van der Waals surface area contributed by atoms with Gasteiger partial charge in [0.15, 0.2) is 0 Å². The third-order valence-corrected chi connectivity index (χ3v) is 4.09. The van der Waals surface area contributed by atoms with E-state index in [9.17, 15) is 0 Å². The Morgan fingerprint density at radius 1 is 1.25 bits per heavy atom. The van der Waals surface area contributed by atoms with Gasteiger partial charge in [-0.3, -0.25) is 0 Å². The van der Waals surface area contributed by atoms with Crippen LogP contribution in [-0.4, -0.2) is 16.1 Å². The monoisotopic (exact) mass is 273 g/mol. The molecule has 2 rings (SSSR count). The molecule has 3 nitrogen and oxygen atoms in total. The molecule has 0 amide bonds. The fourth-order valence-corrected chi connectivity index (χ4v) is 2.82. The predicted octanol–water partition coefficient (Wildman–Crippen LogP) is 3.75. The molecule has 1 atom stereocenters. The van der Waals surface area contributed by atoms with Gasteiger partial charge < -0.3 is 10.3 Å². The van der Waals surface area contributed by atoms with Gasteiger partial charge in [-0.2, -0.15) is 0 Å². The SMILES string of the molecule is CCCCC(CC)Cn1c(CCN)nc2ccccc21. The Hall–Kier alpha value is -1.35. The number of nitrogens with zero attached hydrogens (tertiary/aromatic N) is 2. The standard InChI is InChI=1S/C17H27N3/c1-3-5-8-14(4-2)13-20-16-10-7-6-9-15(16)19-17(20)11-12-18/h6-7,9-10,14H,3-5,8,11-13,18H2,1-2H3. The van der Waals surface area contributed by atoms with Crippen molar-refractivity contribution in [1.29, 1.82) is 0 Å². The Balaban J connectivity index is 2.27. The van der Waals surface area contributed by atoms with E-state index >= 15 is 0 Å². The van der Waals surface area contributed by atoms with Crippen molar-refractivity contribution in [1.82, 2.24) is 9.55 Å². The molecule has 20 heavy (non-hydrogen) atoms. The molecular weight excluding hydrogens is 246 g/mol. The van der Waals surface area contributed by atoms with Crippen LogP contribution in [0.2, 0.25) is 0 Å². The van der Waals surface area contributed by atoms with Crippen LogP contribution in [0.4, 0.5) is 0 Å². The molecule has 110 valence electrons. The molecule has 0 radical (unpaired) electrons. The average Bonchev–Trinajstić information content (AvgIpc) is 2.81. The molecule has 1 aromatic heterocycles. The van der Waals surface area contributed by atoms with Gasteiger partial charge >= 0.3 is 0 Å². The number of fused-ring (bicyclic) bond motifs is 1. The molecule has 2 N–H and O–H groups in total. The summed E-state index contributed by atoms with van der Waals surface area (Å²) in [6, 6.07) is 8.42. The molecule has 0 bridgehead atoms. The van der Waals surface area contributed by atoms with Crippen LogP contribution >= 0.6 is 0 Å². The normalized spacial score (nSPS) is 12.9. The minimum absolute atomic E-state index is 0.662. The third-order valence-electron chi connectivity index (χ3n) is 4.09. The van der Waals surface area contributed by atoms with Crippen LogP contribution in [0.3, 0.4) is 0 Å².